The second kappa shape index (κ2) is 10.1. The molecular formula is C26H27ClN2O3. The van der Waals surface area contributed by atoms with Crippen LogP contribution in [-0.2, 0) is 0 Å². The summed E-state index contributed by atoms with van der Waals surface area (Å²) in [5.74, 6) is 1.21. The summed E-state index contributed by atoms with van der Waals surface area (Å²) in [6.45, 7) is 2.84. The molecule has 1 amide bonds. The molecule has 1 atom stereocenters. The first-order chi connectivity index (χ1) is 15.6. The molecule has 1 heterocycles. The lowest BCUT2D eigenvalue weighted by Crippen LogP contribution is -2.49. The van der Waals surface area contributed by atoms with Gasteiger partial charge in [0.2, 0.25) is 0 Å². The molecule has 32 heavy (non-hydrogen) atoms. The van der Waals surface area contributed by atoms with E-state index in [0.29, 0.717) is 30.2 Å². The third-order valence-corrected chi connectivity index (χ3v) is 6.12. The number of carbonyl (C=O) groups is 1. The standard InChI is InChI=1S/C26H27ClN2O3/c1-31-23-16-21(17-24(18-23)32-2)26(30)29-14-12-28(13-15-29)25(19-6-4-3-5-7-19)20-8-10-22(27)11-9-20/h3-11,16-18,25H,12-15H2,1-2H3/t25-/m1/s1. The topological polar surface area (TPSA) is 42.0 Å². The van der Waals surface area contributed by atoms with E-state index in [4.69, 9.17) is 21.1 Å². The summed E-state index contributed by atoms with van der Waals surface area (Å²) in [4.78, 5) is 17.5. The first-order valence-corrected chi connectivity index (χ1v) is 11.0. The largest absolute Gasteiger partial charge is 0.497 e. The zero-order valence-corrected chi connectivity index (χ0v) is 19.1. The van der Waals surface area contributed by atoms with Crippen LogP contribution in [0.1, 0.15) is 27.5 Å². The van der Waals surface area contributed by atoms with Gasteiger partial charge in [-0.2, -0.15) is 0 Å². The number of carbonyl (C=O) groups excluding carboxylic acids is 1. The molecule has 0 unspecified atom stereocenters. The van der Waals surface area contributed by atoms with Crippen LogP contribution >= 0.6 is 11.6 Å². The summed E-state index contributed by atoms with van der Waals surface area (Å²) in [5.41, 5.74) is 3.00. The molecule has 1 aliphatic rings. The van der Waals surface area contributed by atoms with Crippen molar-refractivity contribution in [2.75, 3.05) is 40.4 Å². The summed E-state index contributed by atoms with van der Waals surface area (Å²) in [6.07, 6.45) is 0. The molecule has 6 heteroatoms. The summed E-state index contributed by atoms with van der Waals surface area (Å²) < 4.78 is 10.6. The Morgan fingerprint density at radius 1 is 0.812 bits per heavy atom. The maximum absolute atomic E-state index is 13.2. The van der Waals surface area contributed by atoms with Gasteiger partial charge in [0.1, 0.15) is 11.5 Å². The highest BCUT2D eigenvalue weighted by Gasteiger charge is 2.29. The molecule has 0 bridgehead atoms. The van der Waals surface area contributed by atoms with Crippen molar-refractivity contribution in [2.24, 2.45) is 0 Å². The summed E-state index contributed by atoms with van der Waals surface area (Å²) in [7, 11) is 3.17. The first-order valence-electron chi connectivity index (χ1n) is 10.7. The molecular weight excluding hydrogens is 424 g/mol. The van der Waals surface area contributed by atoms with Crippen LogP contribution < -0.4 is 9.47 Å². The number of nitrogens with zero attached hydrogens (tertiary/aromatic N) is 2. The number of hydrogen-bond donors (Lipinski definition) is 0. The average Bonchev–Trinajstić information content (AvgIpc) is 2.85. The van der Waals surface area contributed by atoms with E-state index in [1.165, 1.54) is 11.1 Å². The second-order valence-electron chi connectivity index (χ2n) is 7.79. The molecule has 0 aliphatic carbocycles. The van der Waals surface area contributed by atoms with E-state index in [0.717, 1.165) is 18.1 Å². The molecule has 0 radical (unpaired) electrons. The van der Waals surface area contributed by atoms with Crippen LogP contribution in [0.15, 0.2) is 72.8 Å². The van der Waals surface area contributed by atoms with Crippen LogP contribution in [-0.4, -0.2) is 56.1 Å². The highest BCUT2D eigenvalue weighted by atomic mass is 35.5. The summed E-state index contributed by atoms with van der Waals surface area (Å²) in [5, 5.41) is 0.727. The molecule has 3 aromatic carbocycles. The van der Waals surface area contributed by atoms with Crippen LogP contribution in [0.4, 0.5) is 0 Å². The third-order valence-electron chi connectivity index (χ3n) is 5.87. The van der Waals surface area contributed by atoms with E-state index in [2.05, 4.69) is 41.3 Å². The van der Waals surface area contributed by atoms with Crippen LogP contribution in [0.3, 0.4) is 0 Å². The number of rotatable bonds is 6. The minimum Gasteiger partial charge on any atom is -0.497 e. The molecule has 0 N–H and O–H groups in total. The lowest BCUT2D eigenvalue weighted by Gasteiger charge is -2.40. The van der Waals surface area contributed by atoms with Crippen molar-refractivity contribution in [3.63, 3.8) is 0 Å². The van der Waals surface area contributed by atoms with Crippen LogP contribution in [0.2, 0.25) is 5.02 Å². The normalized spacial score (nSPS) is 15.3. The lowest BCUT2D eigenvalue weighted by atomic mass is 9.96. The number of methoxy groups -OCH3 is 2. The van der Waals surface area contributed by atoms with E-state index < -0.39 is 0 Å². The minimum atomic E-state index is -0.00963. The summed E-state index contributed by atoms with van der Waals surface area (Å²) in [6, 6.07) is 23.9. The zero-order chi connectivity index (χ0) is 22.5. The smallest absolute Gasteiger partial charge is 0.254 e. The Morgan fingerprint density at radius 3 is 1.94 bits per heavy atom. The zero-order valence-electron chi connectivity index (χ0n) is 18.3. The van der Waals surface area contributed by atoms with Crippen molar-refractivity contribution in [3.8, 4) is 11.5 Å². The highest BCUT2D eigenvalue weighted by Crippen LogP contribution is 2.31. The molecule has 0 aromatic heterocycles. The Balaban J connectivity index is 1.52. The first kappa shape index (κ1) is 22.2. The van der Waals surface area contributed by atoms with Crippen LogP contribution in [0.25, 0.3) is 0 Å². The van der Waals surface area contributed by atoms with Crippen molar-refractivity contribution in [1.29, 1.82) is 0 Å². The van der Waals surface area contributed by atoms with Crippen molar-refractivity contribution >= 4 is 17.5 Å². The number of hydrogen-bond acceptors (Lipinski definition) is 4. The molecule has 4 rings (SSSR count). The fourth-order valence-electron chi connectivity index (χ4n) is 4.19. The third kappa shape index (κ3) is 4.90. The number of ether oxygens (including phenoxy) is 2. The van der Waals surface area contributed by atoms with Crippen LogP contribution in [0, 0.1) is 0 Å². The lowest BCUT2D eigenvalue weighted by molar-refractivity contribution is 0.0596. The van der Waals surface area contributed by atoms with Gasteiger partial charge in [-0.15, -0.1) is 0 Å². The SMILES string of the molecule is COc1cc(OC)cc(C(=O)N2CCN([C@H](c3ccccc3)c3ccc(Cl)cc3)CC2)c1. The Morgan fingerprint density at radius 2 is 1.38 bits per heavy atom. The van der Waals surface area contributed by atoms with Crippen molar-refractivity contribution < 1.29 is 14.3 Å². The van der Waals surface area contributed by atoms with Gasteiger partial charge in [-0.3, -0.25) is 9.69 Å². The second-order valence-corrected chi connectivity index (χ2v) is 8.23. The predicted octanol–water partition coefficient (Wildman–Crippen LogP) is 4.90. The van der Waals surface area contributed by atoms with Gasteiger partial charge < -0.3 is 14.4 Å². The number of piperazine rings is 1. The molecule has 166 valence electrons. The van der Waals surface area contributed by atoms with Gasteiger partial charge in [-0.25, -0.2) is 0 Å². The molecule has 0 spiro atoms. The molecule has 1 saturated heterocycles. The molecule has 0 saturated carbocycles. The fourth-order valence-corrected chi connectivity index (χ4v) is 4.32. The van der Waals surface area contributed by atoms with Crippen LogP contribution in [0.5, 0.6) is 11.5 Å². The number of amides is 1. The van der Waals surface area contributed by atoms with E-state index in [1.807, 2.05) is 23.1 Å². The van der Waals surface area contributed by atoms with Gasteiger partial charge in [0.05, 0.1) is 20.3 Å². The molecule has 5 nitrogen and oxygen atoms in total. The average molecular weight is 451 g/mol. The Labute approximate surface area is 194 Å². The number of benzene rings is 3. The molecule has 1 fully saturated rings. The van der Waals surface area contributed by atoms with Gasteiger partial charge in [-0.05, 0) is 35.4 Å². The van der Waals surface area contributed by atoms with E-state index >= 15 is 0 Å². The fraction of sp³-hybridized carbons (Fsp3) is 0.269. The molecule has 3 aromatic rings. The summed E-state index contributed by atoms with van der Waals surface area (Å²) >= 11 is 6.13. The maximum atomic E-state index is 13.2. The Kier molecular flexibility index (Phi) is 6.98. The van der Waals surface area contributed by atoms with Crippen molar-refractivity contribution in [3.05, 3.63) is 94.5 Å². The van der Waals surface area contributed by atoms with Gasteiger partial charge >= 0.3 is 0 Å². The predicted molar refractivity (Wildman–Crippen MR) is 127 cm³/mol. The van der Waals surface area contributed by atoms with Gasteiger partial charge in [0.25, 0.3) is 5.91 Å². The minimum absolute atomic E-state index is 0.00963. The van der Waals surface area contributed by atoms with Gasteiger partial charge in [-0.1, -0.05) is 54.1 Å². The van der Waals surface area contributed by atoms with Crippen molar-refractivity contribution in [1.82, 2.24) is 9.80 Å². The Bertz CT molecular complexity index is 1030. The van der Waals surface area contributed by atoms with E-state index in [-0.39, 0.29) is 11.9 Å². The highest BCUT2D eigenvalue weighted by molar-refractivity contribution is 6.30. The quantitative estimate of drug-likeness (QED) is 0.535. The van der Waals surface area contributed by atoms with Gasteiger partial charge in [0, 0.05) is 42.8 Å². The molecule has 1 aliphatic heterocycles. The van der Waals surface area contributed by atoms with E-state index in [1.54, 1.807) is 32.4 Å². The number of halogens is 1. The van der Waals surface area contributed by atoms with E-state index in [9.17, 15) is 4.79 Å². The van der Waals surface area contributed by atoms with Crippen molar-refractivity contribution in [2.45, 2.75) is 6.04 Å². The van der Waals surface area contributed by atoms with Gasteiger partial charge in [0.15, 0.2) is 0 Å². The Hall–Kier alpha value is -3.02. The maximum Gasteiger partial charge on any atom is 0.254 e. The monoisotopic (exact) mass is 450 g/mol.